The van der Waals surface area contributed by atoms with Gasteiger partial charge in [-0.3, -0.25) is 9.59 Å². The van der Waals surface area contributed by atoms with Crippen molar-refractivity contribution in [2.24, 2.45) is 0 Å². The molecule has 1 atom stereocenters. The molecule has 0 spiro atoms. The van der Waals surface area contributed by atoms with E-state index in [4.69, 9.17) is 21.1 Å². The van der Waals surface area contributed by atoms with E-state index in [1.807, 2.05) is 0 Å². The number of ether oxygens (including phenoxy) is 2. The van der Waals surface area contributed by atoms with Gasteiger partial charge in [-0.05, 0) is 50.2 Å². The summed E-state index contributed by atoms with van der Waals surface area (Å²) in [4.78, 5) is 23.1. The lowest BCUT2D eigenvalue weighted by Gasteiger charge is -2.18. The Kier molecular flexibility index (Phi) is 6.36. The first-order valence-electron chi connectivity index (χ1n) is 7.59. The molecule has 1 amide bonds. The van der Waals surface area contributed by atoms with E-state index in [2.05, 4.69) is 5.32 Å². The molecule has 2 aromatic rings. The van der Waals surface area contributed by atoms with Crippen LogP contribution in [0.25, 0.3) is 0 Å². The van der Waals surface area contributed by atoms with Crippen molar-refractivity contribution in [3.05, 3.63) is 52.8 Å². The molecule has 132 valence electrons. The molecular formula is C18H17ClFNO4. The summed E-state index contributed by atoms with van der Waals surface area (Å²) in [6.07, 6.45) is -0.179. The van der Waals surface area contributed by atoms with E-state index in [9.17, 15) is 14.0 Å². The Bertz CT molecular complexity index is 782. The number of rotatable bonds is 7. The van der Waals surface area contributed by atoms with Gasteiger partial charge in [-0.15, -0.1) is 0 Å². The van der Waals surface area contributed by atoms with Gasteiger partial charge in [-0.1, -0.05) is 11.6 Å². The van der Waals surface area contributed by atoms with Gasteiger partial charge in [0.05, 0.1) is 17.3 Å². The second-order valence-electron chi connectivity index (χ2n) is 5.13. The Balaban J connectivity index is 2.11. The Labute approximate surface area is 149 Å². The van der Waals surface area contributed by atoms with Crippen molar-refractivity contribution in [3.8, 4) is 11.5 Å². The van der Waals surface area contributed by atoms with Gasteiger partial charge in [0.1, 0.15) is 12.1 Å². The molecule has 0 aliphatic carbocycles. The normalized spacial score (nSPS) is 11.5. The second kappa shape index (κ2) is 8.48. The molecule has 0 saturated carbocycles. The van der Waals surface area contributed by atoms with Gasteiger partial charge in [0.25, 0.3) is 5.91 Å². The maximum Gasteiger partial charge on any atom is 0.265 e. The van der Waals surface area contributed by atoms with Crippen LogP contribution in [-0.2, 0) is 4.79 Å². The number of amides is 1. The van der Waals surface area contributed by atoms with Gasteiger partial charge in [0.2, 0.25) is 0 Å². The van der Waals surface area contributed by atoms with Crippen LogP contribution in [0.3, 0.4) is 0 Å². The van der Waals surface area contributed by atoms with Gasteiger partial charge in [-0.25, -0.2) is 4.39 Å². The third kappa shape index (κ3) is 4.93. The molecule has 2 rings (SSSR count). The summed E-state index contributed by atoms with van der Waals surface area (Å²) in [5.74, 6) is -0.258. The molecule has 5 nitrogen and oxygen atoms in total. The van der Waals surface area contributed by atoms with Crippen LogP contribution in [0.15, 0.2) is 36.4 Å². The topological polar surface area (TPSA) is 64.6 Å². The minimum Gasteiger partial charge on any atom is -0.490 e. The van der Waals surface area contributed by atoms with Crippen molar-refractivity contribution >= 4 is 29.5 Å². The Morgan fingerprint density at radius 2 is 2.04 bits per heavy atom. The molecule has 0 saturated heterocycles. The summed E-state index contributed by atoms with van der Waals surface area (Å²) in [5.41, 5.74) is 0.718. The zero-order valence-corrected chi connectivity index (χ0v) is 14.5. The number of benzene rings is 2. The van der Waals surface area contributed by atoms with E-state index in [1.165, 1.54) is 18.2 Å². The van der Waals surface area contributed by atoms with E-state index < -0.39 is 17.8 Å². The van der Waals surface area contributed by atoms with Crippen LogP contribution in [0.4, 0.5) is 10.1 Å². The number of hydrogen-bond acceptors (Lipinski definition) is 4. The number of aldehydes is 1. The van der Waals surface area contributed by atoms with Crippen LogP contribution in [0.5, 0.6) is 11.5 Å². The zero-order valence-electron chi connectivity index (χ0n) is 13.7. The smallest absolute Gasteiger partial charge is 0.265 e. The lowest BCUT2D eigenvalue weighted by atomic mass is 10.2. The number of carbonyl (C=O) groups excluding carboxylic acids is 2. The van der Waals surface area contributed by atoms with E-state index >= 15 is 0 Å². The van der Waals surface area contributed by atoms with Gasteiger partial charge in [-0.2, -0.15) is 0 Å². The van der Waals surface area contributed by atoms with Crippen molar-refractivity contribution in [1.82, 2.24) is 0 Å². The van der Waals surface area contributed by atoms with Crippen molar-refractivity contribution < 1.29 is 23.5 Å². The third-order valence-corrected chi connectivity index (χ3v) is 3.58. The number of halogens is 2. The fourth-order valence-corrected chi connectivity index (χ4v) is 2.25. The molecule has 25 heavy (non-hydrogen) atoms. The molecule has 0 aromatic heterocycles. The van der Waals surface area contributed by atoms with E-state index in [0.29, 0.717) is 30.0 Å². The fourth-order valence-electron chi connectivity index (χ4n) is 2.03. The molecule has 0 unspecified atom stereocenters. The van der Waals surface area contributed by atoms with Crippen molar-refractivity contribution in [1.29, 1.82) is 0 Å². The zero-order chi connectivity index (χ0) is 18.4. The molecule has 2 aromatic carbocycles. The highest BCUT2D eigenvalue weighted by molar-refractivity contribution is 6.33. The summed E-state index contributed by atoms with van der Waals surface area (Å²) < 4.78 is 24.1. The molecular weight excluding hydrogens is 349 g/mol. The van der Waals surface area contributed by atoms with Crippen LogP contribution in [-0.4, -0.2) is 24.9 Å². The Morgan fingerprint density at radius 1 is 1.28 bits per heavy atom. The number of anilines is 1. The lowest BCUT2D eigenvalue weighted by molar-refractivity contribution is -0.122. The molecule has 0 bridgehead atoms. The standard InChI is InChI=1S/C18H17ClFNO4/c1-3-24-17-8-12(10-22)4-7-16(17)25-11(2)18(23)21-15-6-5-13(20)9-14(15)19/h4-11H,3H2,1-2H3,(H,21,23)/t11-/m0/s1. The first kappa shape index (κ1) is 18.7. The Morgan fingerprint density at radius 3 is 2.68 bits per heavy atom. The molecule has 0 aliphatic rings. The van der Waals surface area contributed by atoms with E-state index in [0.717, 1.165) is 6.07 Å². The quantitative estimate of drug-likeness (QED) is 0.750. The summed E-state index contributed by atoms with van der Waals surface area (Å²) in [6, 6.07) is 8.32. The third-order valence-electron chi connectivity index (χ3n) is 3.27. The molecule has 7 heteroatoms. The van der Waals surface area contributed by atoms with Gasteiger partial charge < -0.3 is 14.8 Å². The number of nitrogens with one attached hydrogen (secondary N) is 1. The van der Waals surface area contributed by atoms with Crippen LogP contribution in [0.1, 0.15) is 24.2 Å². The highest BCUT2D eigenvalue weighted by atomic mass is 35.5. The SMILES string of the molecule is CCOc1cc(C=O)ccc1O[C@@H](C)C(=O)Nc1ccc(F)cc1Cl. The van der Waals surface area contributed by atoms with Gasteiger partial charge >= 0.3 is 0 Å². The number of carbonyl (C=O) groups is 2. The molecule has 0 heterocycles. The molecule has 0 fully saturated rings. The minimum absolute atomic E-state index is 0.0888. The van der Waals surface area contributed by atoms with Crippen molar-refractivity contribution in [3.63, 3.8) is 0 Å². The lowest BCUT2D eigenvalue weighted by Crippen LogP contribution is -2.30. The highest BCUT2D eigenvalue weighted by Gasteiger charge is 2.18. The predicted molar refractivity (Wildman–Crippen MR) is 93.1 cm³/mol. The van der Waals surface area contributed by atoms with E-state index in [1.54, 1.807) is 26.0 Å². The minimum atomic E-state index is -0.873. The molecule has 0 radical (unpaired) electrons. The van der Waals surface area contributed by atoms with Gasteiger partial charge in [0, 0.05) is 5.56 Å². The number of hydrogen-bond donors (Lipinski definition) is 1. The van der Waals surface area contributed by atoms with Crippen molar-refractivity contribution in [2.45, 2.75) is 20.0 Å². The highest BCUT2D eigenvalue weighted by Crippen LogP contribution is 2.29. The summed E-state index contributed by atoms with van der Waals surface area (Å²) in [6.45, 7) is 3.73. The van der Waals surface area contributed by atoms with Crippen LogP contribution in [0, 0.1) is 5.82 Å². The first-order chi connectivity index (χ1) is 11.9. The monoisotopic (exact) mass is 365 g/mol. The average Bonchev–Trinajstić information content (AvgIpc) is 2.59. The molecule has 0 aliphatic heterocycles. The molecule has 1 N–H and O–H groups in total. The van der Waals surface area contributed by atoms with Crippen LogP contribution in [0.2, 0.25) is 5.02 Å². The van der Waals surface area contributed by atoms with E-state index in [-0.39, 0.29) is 10.7 Å². The second-order valence-corrected chi connectivity index (χ2v) is 5.54. The van der Waals surface area contributed by atoms with Crippen molar-refractivity contribution in [2.75, 3.05) is 11.9 Å². The van der Waals surface area contributed by atoms with Crippen LogP contribution < -0.4 is 14.8 Å². The summed E-state index contributed by atoms with van der Waals surface area (Å²) in [5, 5.41) is 2.66. The first-order valence-corrected chi connectivity index (χ1v) is 7.97. The summed E-state index contributed by atoms with van der Waals surface area (Å²) in [7, 11) is 0. The largest absolute Gasteiger partial charge is 0.490 e. The maximum absolute atomic E-state index is 13.0. The summed E-state index contributed by atoms with van der Waals surface area (Å²) >= 11 is 5.89. The predicted octanol–water partition coefficient (Wildman–Crippen LogP) is 4.10. The van der Waals surface area contributed by atoms with Crippen LogP contribution >= 0.6 is 11.6 Å². The average molecular weight is 366 g/mol. The fraction of sp³-hybridized carbons (Fsp3) is 0.222. The Hall–Kier alpha value is -2.60. The maximum atomic E-state index is 13.0. The van der Waals surface area contributed by atoms with Gasteiger partial charge in [0.15, 0.2) is 17.6 Å².